The van der Waals surface area contributed by atoms with Crippen LogP contribution in [0.2, 0.25) is 0 Å². The Morgan fingerprint density at radius 1 is 1.23 bits per heavy atom. The van der Waals surface area contributed by atoms with Crippen molar-refractivity contribution in [3.63, 3.8) is 0 Å². The van der Waals surface area contributed by atoms with Crippen LogP contribution in [0, 0.1) is 0 Å². The lowest BCUT2D eigenvalue weighted by molar-refractivity contribution is -0.132. The zero-order valence-corrected chi connectivity index (χ0v) is 14.1. The summed E-state index contributed by atoms with van der Waals surface area (Å²) in [6.45, 7) is 1.88. The van der Waals surface area contributed by atoms with Crippen molar-refractivity contribution in [1.29, 1.82) is 0 Å². The average Bonchev–Trinajstić information content (AvgIpc) is 2.64. The van der Waals surface area contributed by atoms with Crippen molar-refractivity contribution >= 4 is 42.3 Å². The van der Waals surface area contributed by atoms with E-state index < -0.39 is 0 Å². The Hall–Kier alpha value is -1.50. The number of likely N-dealkylation sites (N-methyl/N-ethyl adjacent to an activating group) is 1. The highest BCUT2D eigenvalue weighted by Gasteiger charge is 2.20. The standard InChI is InChI=1S/C14H20N4O2.2ClH/c1-17-6-7-18(14(20)9-16-13(19)8-15)10-11-4-2-3-5-12(11)17;;/h2-5H,6-10,15H2,1H3,(H,16,19);2*1H. The van der Waals surface area contributed by atoms with E-state index in [2.05, 4.69) is 16.3 Å². The van der Waals surface area contributed by atoms with Crippen LogP contribution in [0.15, 0.2) is 24.3 Å². The van der Waals surface area contributed by atoms with E-state index in [0.29, 0.717) is 13.1 Å². The first kappa shape index (κ1) is 20.5. The Morgan fingerprint density at radius 2 is 1.91 bits per heavy atom. The second kappa shape index (κ2) is 9.50. The van der Waals surface area contributed by atoms with Gasteiger partial charge in [0.1, 0.15) is 0 Å². The number of hydrogen-bond donors (Lipinski definition) is 2. The molecule has 2 amide bonds. The smallest absolute Gasteiger partial charge is 0.242 e. The maximum absolute atomic E-state index is 12.1. The number of fused-ring (bicyclic) bond motifs is 1. The second-order valence-corrected chi connectivity index (χ2v) is 4.85. The Labute approximate surface area is 142 Å². The number of nitrogens with one attached hydrogen (secondary N) is 1. The van der Waals surface area contributed by atoms with Gasteiger partial charge in [0.05, 0.1) is 13.1 Å². The van der Waals surface area contributed by atoms with Crippen molar-refractivity contribution in [3.8, 4) is 0 Å². The normalized spacial score (nSPS) is 13.2. The first-order valence-corrected chi connectivity index (χ1v) is 6.65. The highest BCUT2D eigenvalue weighted by atomic mass is 35.5. The summed E-state index contributed by atoms with van der Waals surface area (Å²) >= 11 is 0. The average molecular weight is 349 g/mol. The lowest BCUT2D eigenvalue weighted by Crippen LogP contribution is -2.42. The number of anilines is 1. The third kappa shape index (κ3) is 5.05. The minimum atomic E-state index is -0.314. The molecule has 2 rings (SSSR count). The van der Waals surface area contributed by atoms with Gasteiger partial charge in [0, 0.05) is 32.4 Å². The summed E-state index contributed by atoms with van der Waals surface area (Å²) in [4.78, 5) is 27.1. The molecule has 1 aromatic carbocycles. The molecular formula is C14H22Cl2N4O2. The highest BCUT2D eigenvalue weighted by Crippen LogP contribution is 2.23. The predicted molar refractivity (Wildman–Crippen MR) is 91.7 cm³/mol. The number of benzene rings is 1. The van der Waals surface area contributed by atoms with Crippen LogP contribution >= 0.6 is 24.8 Å². The molecule has 0 atom stereocenters. The van der Waals surface area contributed by atoms with Crippen LogP contribution in [0.25, 0.3) is 0 Å². The predicted octanol–water partition coefficient (Wildman–Crippen LogP) is 0.384. The van der Waals surface area contributed by atoms with Crippen LogP contribution in [0.3, 0.4) is 0 Å². The van der Waals surface area contributed by atoms with E-state index in [4.69, 9.17) is 5.73 Å². The summed E-state index contributed by atoms with van der Waals surface area (Å²) in [5.41, 5.74) is 7.46. The number of carbonyl (C=O) groups is 2. The van der Waals surface area contributed by atoms with Gasteiger partial charge in [-0.05, 0) is 11.6 Å². The van der Waals surface area contributed by atoms with Gasteiger partial charge in [-0.15, -0.1) is 24.8 Å². The number of nitrogens with two attached hydrogens (primary N) is 1. The molecule has 0 fully saturated rings. The van der Waals surface area contributed by atoms with Crippen LogP contribution in [0.5, 0.6) is 0 Å². The van der Waals surface area contributed by atoms with E-state index in [1.165, 1.54) is 0 Å². The van der Waals surface area contributed by atoms with Gasteiger partial charge in [0.15, 0.2) is 0 Å². The fourth-order valence-corrected chi connectivity index (χ4v) is 2.26. The molecule has 0 unspecified atom stereocenters. The van der Waals surface area contributed by atoms with Crippen molar-refractivity contribution in [3.05, 3.63) is 29.8 Å². The number of halogens is 2. The zero-order chi connectivity index (χ0) is 14.5. The lowest BCUT2D eigenvalue weighted by Gasteiger charge is -2.21. The van der Waals surface area contributed by atoms with Gasteiger partial charge in [-0.1, -0.05) is 18.2 Å². The molecule has 1 heterocycles. The van der Waals surface area contributed by atoms with E-state index >= 15 is 0 Å². The number of hydrogen-bond acceptors (Lipinski definition) is 4. The van der Waals surface area contributed by atoms with Crippen LogP contribution in [-0.2, 0) is 16.1 Å². The SMILES string of the molecule is CN1CCN(C(=O)CNC(=O)CN)Cc2ccccc21.Cl.Cl. The van der Waals surface area contributed by atoms with Crippen molar-refractivity contribution in [1.82, 2.24) is 10.2 Å². The van der Waals surface area contributed by atoms with Gasteiger partial charge in [0.25, 0.3) is 0 Å². The largest absolute Gasteiger partial charge is 0.373 e. The Kier molecular flexibility index (Phi) is 8.86. The molecule has 8 heteroatoms. The molecule has 0 saturated heterocycles. The fraction of sp³-hybridized carbons (Fsp3) is 0.429. The summed E-state index contributed by atoms with van der Waals surface area (Å²) in [5, 5.41) is 2.52. The molecule has 1 aliphatic rings. The van der Waals surface area contributed by atoms with E-state index in [1.807, 2.05) is 25.2 Å². The maximum atomic E-state index is 12.1. The van der Waals surface area contributed by atoms with Crippen molar-refractivity contribution in [2.45, 2.75) is 6.54 Å². The van der Waals surface area contributed by atoms with Gasteiger partial charge in [0.2, 0.25) is 11.8 Å². The molecule has 0 aromatic heterocycles. The number of carbonyl (C=O) groups excluding carboxylic acids is 2. The van der Waals surface area contributed by atoms with E-state index in [9.17, 15) is 9.59 Å². The molecule has 22 heavy (non-hydrogen) atoms. The minimum Gasteiger partial charge on any atom is -0.373 e. The van der Waals surface area contributed by atoms with Gasteiger partial charge >= 0.3 is 0 Å². The summed E-state index contributed by atoms with van der Waals surface area (Å²) in [6.07, 6.45) is 0. The molecule has 0 saturated carbocycles. The monoisotopic (exact) mass is 348 g/mol. The number of nitrogens with zero attached hydrogens (tertiary/aromatic N) is 2. The third-order valence-electron chi connectivity index (χ3n) is 3.44. The maximum Gasteiger partial charge on any atom is 0.242 e. The third-order valence-corrected chi connectivity index (χ3v) is 3.44. The molecule has 6 nitrogen and oxygen atoms in total. The van der Waals surface area contributed by atoms with Crippen LogP contribution in [0.1, 0.15) is 5.56 Å². The summed E-state index contributed by atoms with van der Waals surface area (Å²) < 4.78 is 0. The molecule has 0 spiro atoms. The number of amides is 2. The van der Waals surface area contributed by atoms with Gasteiger partial charge in [-0.3, -0.25) is 9.59 Å². The van der Waals surface area contributed by atoms with Gasteiger partial charge < -0.3 is 20.9 Å². The molecule has 1 aromatic rings. The number of rotatable bonds is 3. The molecule has 124 valence electrons. The van der Waals surface area contributed by atoms with E-state index in [-0.39, 0.29) is 49.7 Å². The molecule has 0 radical (unpaired) electrons. The highest BCUT2D eigenvalue weighted by molar-refractivity contribution is 5.86. The summed E-state index contributed by atoms with van der Waals surface area (Å²) in [7, 11) is 2.02. The number of para-hydroxylation sites is 1. The van der Waals surface area contributed by atoms with Crippen LogP contribution in [0.4, 0.5) is 5.69 Å². The Morgan fingerprint density at radius 3 is 2.59 bits per heavy atom. The summed E-state index contributed by atoms with van der Waals surface area (Å²) in [6, 6.07) is 8.04. The van der Waals surface area contributed by atoms with E-state index in [1.54, 1.807) is 4.90 Å². The molecular weight excluding hydrogens is 327 g/mol. The van der Waals surface area contributed by atoms with Gasteiger partial charge in [-0.2, -0.15) is 0 Å². The molecule has 3 N–H and O–H groups in total. The topological polar surface area (TPSA) is 78.7 Å². The molecule has 0 aliphatic carbocycles. The molecule has 0 bridgehead atoms. The summed E-state index contributed by atoms with van der Waals surface area (Å²) in [5.74, 6) is -0.400. The Balaban J connectivity index is 0.00000220. The quantitative estimate of drug-likeness (QED) is 0.827. The van der Waals surface area contributed by atoms with E-state index in [0.717, 1.165) is 17.8 Å². The first-order valence-electron chi connectivity index (χ1n) is 6.65. The fourth-order valence-electron chi connectivity index (χ4n) is 2.26. The zero-order valence-electron chi connectivity index (χ0n) is 12.4. The van der Waals surface area contributed by atoms with Gasteiger partial charge in [-0.25, -0.2) is 0 Å². The minimum absolute atomic E-state index is 0. The van der Waals surface area contributed by atoms with Crippen LogP contribution < -0.4 is 16.0 Å². The molecule has 1 aliphatic heterocycles. The first-order chi connectivity index (χ1) is 9.61. The van der Waals surface area contributed by atoms with Crippen LogP contribution in [-0.4, -0.2) is 49.9 Å². The Bertz CT molecular complexity index is 513. The lowest BCUT2D eigenvalue weighted by atomic mass is 10.1. The van der Waals surface area contributed by atoms with Crippen molar-refractivity contribution < 1.29 is 9.59 Å². The van der Waals surface area contributed by atoms with Crippen molar-refractivity contribution in [2.24, 2.45) is 5.73 Å². The second-order valence-electron chi connectivity index (χ2n) is 4.85. The van der Waals surface area contributed by atoms with Crippen molar-refractivity contribution in [2.75, 3.05) is 38.1 Å².